The van der Waals surface area contributed by atoms with Gasteiger partial charge in [0.15, 0.2) is 0 Å². The molecule has 1 aliphatic heterocycles. The van der Waals surface area contributed by atoms with Crippen LogP contribution in [0.15, 0.2) is 24.3 Å². The van der Waals surface area contributed by atoms with E-state index in [4.69, 9.17) is 0 Å². The first-order valence-electron chi connectivity index (χ1n) is 7.24. The largest absolute Gasteiger partial charge is 0.352 e. The third-order valence-corrected chi connectivity index (χ3v) is 3.95. The molecular weight excluding hydrogens is 236 g/mol. The molecule has 104 valence electrons. The molecule has 0 aromatic heterocycles. The number of benzene rings is 1. The summed E-state index contributed by atoms with van der Waals surface area (Å²) in [4.78, 5) is 12.1. The van der Waals surface area contributed by atoms with Gasteiger partial charge in [-0.1, -0.05) is 30.7 Å². The van der Waals surface area contributed by atoms with Crippen LogP contribution in [-0.4, -0.2) is 24.5 Å². The van der Waals surface area contributed by atoms with Crippen LogP contribution in [0.25, 0.3) is 0 Å². The average molecular weight is 260 g/mol. The van der Waals surface area contributed by atoms with E-state index in [1.807, 2.05) is 18.2 Å². The van der Waals surface area contributed by atoms with E-state index in [-0.39, 0.29) is 11.9 Å². The summed E-state index contributed by atoms with van der Waals surface area (Å²) in [5.41, 5.74) is 2.30. The lowest BCUT2D eigenvalue weighted by Crippen LogP contribution is -2.50. The highest BCUT2D eigenvalue weighted by Crippen LogP contribution is 2.11. The molecule has 0 aliphatic carbocycles. The monoisotopic (exact) mass is 260 g/mol. The van der Waals surface area contributed by atoms with E-state index in [1.54, 1.807) is 0 Å². The molecule has 0 saturated carbocycles. The normalized spacial score (nSPS) is 20.8. The maximum absolute atomic E-state index is 12.1. The van der Waals surface area contributed by atoms with E-state index in [0.717, 1.165) is 18.5 Å². The topological polar surface area (TPSA) is 41.1 Å². The van der Waals surface area contributed by atoms with Crippen molar-refractivity contribution in [2.45, 2.75) is 51.6 Å². The molecule has 1 heterocycles. The van der Waals surface area contributed by atoms with Gasteiger partial charge >= 0.3 is 0 Å². The van der Waals surface area contributed by atoms with E-state index in [1.165, 1.54) is 18.4 Å². The van der Waals surface area contributed by atoms with Gasteiger partial charge in [0.1, 0.15) is 0 Å². The lowest BCUT2D eigenvalue weighted by Gasteiger charge is -2.29. The van der Waals surface area contributed by atoms with Crippen LogP contribution >= 0.6 is 0 Å². The quantitative estimate of drug-likeness (QED) is 0.871. The highest BCUT2D eigenvalue weighted by atomic mass is 16.1. The maximum Gasteiger partial charge on any atom is 0.224 e. The molecule has 1 fully saturated rings. The third-order valence-electron chi connectivity index (χ3n) is 3.95. The number of amides is 1. The number of hydrogen-bond acceptors (Lipinski definition) is 2. The van der Waals surface area contributed by atoms with Gasteiger partial charge in [-0.3, -0.25) is 4.79 Å². The Morgan fingerprint density at radius 2 is 2.21 bits per heavy atom. The molecule has 1 aliphatic rings. The van der Waals surface area contributed by atoms with Crippen molar-refractivity contribution in [2.75, 3.05) is 6.54 Å². The van der Waals surface area contributed by atoms with E-state index < -0.39 is 0 Å². The molecule has 2 unspecified atom stereocenters. The minimum Gasteiger partial charge on any atom is -0.352 e. The minimum atomic E-state index is 0.120. The van der Waals surface area contributed by atoms with Crippen LogP contribution in [0.3, 0.4) is 0 Å². The summed E-state index contributed by atoms with van der Waals surface area (Å²) >= 11 is 0. The van der Waals surface area contributed by atoms with E-state index in [0.29, 0.717) is 12.5 Å². The first-order chi connectivity index (χ1) is 9.16. The third kappa shape index (κ3) is 4.06. The van der Waals surface area contributed by atoms with Gasteiger partial charge in [-0.05, 0) is 44.4 Å². The Balaban J connectivity index is 1.85. The van der Waals surface area contributed by atoms with Gasteiger partial charge in [0, 0.05) is 12.1 Å². The zero-order valence-electron chi connectivity index (χ0n) is 11.9. The van der Waals surface area contributed by atoms with Gasteiger partial charge in [0.2, 0.25) is 5.91 Å². The second kappa shape index (κ2) is 6.71. The van der Waals surface area contributed by atoms with Crippen molar-refractivity contribution >= 4 is 5.91 Å². The van der Waals surface area contributed by atoms with Gasteiger partial charge < -0.3 is 10.6 Å². The molecule has 3 nitrogen and oxygen atoms in total. The summed E-state index contributed by atoms with van der Waals surface area (Å²) in [7, 11) is 0. The Kier molecular flexibility index (Phi) is 4.97. The second-order valence-electron chi connectivity index (χ2n) is 5.52. The van der Waals surface area contributed by atoms with Crippen LogP contribution in [-0.2, 0) is 11.2 Å². The number of aryl methyl sites for hydroxylation is 1. The number of rotatable bonds is 4. The fraction of sp³-hybridized carbons (Fsp3) is 0.562. The van der Waals surface area contributed by atoms with Crippen molar-refractivity contribution in [2.24, 2.45) is 0 Å². The van der Waals surface area contributed by atoms with Crippen LogP contribution in [0.5, 0.6) is 0 Å². The molecule has 1 saturated heterocycles. The molecular formula is C16H24N2O. The lowest BCUT2D eigenvalue weighted by atomic mass is 9.98. The van der Waals surface area contributed by atoms with Crippen LogP contribution < -0.4 is 10.6 Å². The molecule has 2 N–H and O–H groups in total. The molecule has 2 rings (SSSR count). The second-order valence-corrected chi connectivity index (χ2v) is 5.52. The standard InChI is InChI=1S/C16H24N2O/c1-12-7-3-4-8-14(12)11-16(19)18-13(2)15-9-5-6-10-17-15/h3-4,7-8,13,15,17H,5-6,9-11H2,1-2H3,(H,18,19). The Bertz CT molecular complexity index is 425. The van der Waals surface area contributed by atoms with Gasteiger partial charge in [-0.15, -0.1) is 0 Å². The Morgan fingerprint density at radius 1 is 1.42 bits per heavy atom. The fourth-order valence-electron chi connectivity index (χ4n) is 2.69. The lowest BCUT2D eigenvalue weighted by molar-refractivity contribution is -0.121. The zero-order valence-corrected chi connectivity index (χ0v) is 11.9. The van der Waals surface area contributed by atoms with Crippen molar-refractivity contribution in [1.29, 1.82) is 0 Å². The molecule has 0 radical (unpaired) electrons. The maximum atomic E-state index is 12.1. The summed E-state index contributed by atoms with van der Waals surface area (Å²) in [6.45, 7) is 5.22. The molecule has 3 heteroatoms. The predicted molar refractivity (Wildman–Crippen MR) is 78.1 cm³/mol. The number of piperidine rings is 1. The van der Waals surface area contributed by atoms with Crippen molar-refractivity contribution in [3.63, 3.8) is 0 Å². The molecule has 0 spiro atoms. The molecule has 19 heavy (non-hydrogen) atoms. The van der Waals surface area contributed by atoms with Crippen LogP contribution in [0.2, 0.25) is 0 Å². The summed E-state index contributed by atoms with van der Waals surface area (Å²) in [5.74, 6) is 0.120. The highest BCUT2D eigenvalue weighted by Gasteiger charge is 2.20. The predicted octanol–water partition coefficient (Wildman–Crippen LogP) is 2.18. The summed E-state index contributed by atoms with van der Waals surface area (Å²) in [6, 6.07) is 8.70. The van der Waals surface area contributed by atoms with Gasteiger partial charge in [0.05, 0.1) is 6.42 Å². The molecule has 1 aromatic rings. The highest BCUT2D eigenvalue weighted by molar-refractivity contribution is 5.79. The Morgan fingerprint density at radius 3 is 2.89 bits per heavy atom. The van der Waals surface area contributed by atoms with Gasteiger partial charge in [0.25, 0.3) is 0 Å². The van der Waals surface area contributed by atoms with Crippen molar-refractivity contribution in [1.82, 2.24) is 10.6 Å². The molecule has 1 aromatic carbocycles. The Hall–Kier alpha value is -1.35. The molecule has 1 amide bonds. The van der Waals surface area contributed by atoms with E-state index >= 15 is 0 Å². The van der Waals surface area contributed by atoms with Crippen LogP contribution in [0.1, 0.15) is 37.3 Å². The average Bonchev–Trinajstić information content (AvgIpc) is 2.42. The summed E-state index contributed by atoms with van der Waals surface area (Å²) in [5, 5.41) is 6.61. The summed E-state index contributed by atoms with van der Waals surface area (Å²) in [6.07, 6.45) is 4.14. The summed E-state index contributed by atoms with van der Waals surface area (Å²) < 4.78 is 0. The van der Waals surface area contributed by atoms with E-state index in [9.17, 15) is 4.79 Å². The first kappa shape index (κ1) is 14.1. The molecule has 0 bridgehead atoms. The smallest absolute Gasteiger partial charge is 0.224 e. The number of carbonyl (C=O) groups excluding carboxylic acids is 1. The van der Waals surface area contributed by atoms with Crippen LogP contribution in [0.4, 0.5) is 0 Å². The van der Waals surface area contributed by atoms with E-state index in [2.05, 4.69) is 30.5 Å². The minimum absolute atomic E-state index is 0.120. The van der Waals surface area contributed by atoms with Gasteiger partial charge in [-0.25, -0.2) is 0 Å². The first-order valence-corrected chi connectivity index (χ1v) is 7.24. The SMILES string of the molecule is Cc1ccccc1CC(=O)NC(C)C1CCCCN1. The zero-order chi connectivity index (χ0) is 13.7. The van der Waals surface area contributed by atoms with Crippen molar-refractivity contribution in [3.05, 3.63) is 35.4 Å². The van der Waals surface area contributed by atoms with Crippen molar-refractivity contribution in [3.8, 4) is 0 Å². The number of nitrogens with one attached hydrogen (secondary N) is 2. The number of carbonyl (C=O) groups is 1. The van der Waals surface area contributed by atoms with Gasteiger partial charge in [-0.2, -0.15) is 0 Å². The molecule has 2 atom stereocenters. The Labute approximate surface area is 115 Å². The van der Waals surface area contributed by atoms with Crippen molar-refractivity contribution < 1.29 is 4.79 Å². The van der Waals surface area contributed by atoms with Crippen LogP contribution in [0, 0.1) is 6.92 Å². The fourth-order valence-corrected chi connectivity index (χ4v) is 2.69. The number of hydrogen-bond donors (Lipinski definition) is 2.